The predicted octanol–water partition coefficient (Wildman–Crippen LogP) is 4.09. The standard InChI is InChI=1S/C31H33F2N7O3/c1-19(43-23-7-8-23)18-42-31-36-26-17-38(27-15-35-13-21-5-4-6-25(33)28(21)27)10-9-24(26)29(37-31)39-11-12-40(30(41)20(2)32)22(16-39)14-34-3/h4-6,13,15,19,22-23H,2,7-12,14,16-18H2,1H3/t19-,22-/m0/s1. The zero-order valence-corrected chi connectivity index (χ0v) is 24.0. The lowest BCUT2D eigenvalue weighted by Crippen LogP contribution is -2.57. The molecule has 12 heteroatoms. The number of rotatable bonds is 9. The molecule has 2 aliphatic heterocycles. The lowest BCUT2D eigenvalue weighted by molar-refractivity contribution is -0.131. The Morgan fingerprint density at radius 1 is 1.21 bits per heavy atom. The number of aromatic nitrogens is 3. The van der Waals surface area contributed by atoms with Gasteiger partial charge in [-0.1, -0.05) is 18.7 Å². The Kier molecular flexibility index (Phi) is 8.08. The SMILES string of the molecule is [C-]#[N+]C[C@H]1CN(c2nc(OC[C@H](C)OC3CC3)nc3c2CCN(c2cncc4cccc(F)c24)C3)CCN1C(=O)C(=C)F. The molecular weight excluding hydrogens is 556 g/mol. The van der Waals surface area contributed by atoms with Gasteiger partial charge in [0.05, 0.1) is 36.3 Å². The summed E-state index contributed by atoms with van der Waals surface area (Å²) in [7, 11) is 0. The first kappa shape index (κ1) is 28.7. The minimum Gasteiger partial charge on any atom is -0.461 e. The fourth-order valence-corrected chi connectivity index (χ4v) is 5.83. The van der Waals surface area contributed by atoms with Gasteiger partial charge in [0.25, 0.3) is 5.91 Å². The number of nitrogens with zero attached hydrogens (tertiary/aromatic N) is 7. The Bertz CT molecular complexity index is 1590. The molecule has 1 amide bonds. The van der Waals surface area contributed by atoms with Gasteiger partial charge in [0.15, 0.2) is 5.83 Å². The van der Waals surface area contributed by atoms with E-state index >= 15 is 0 Å². The topological polar surface area (TPSA) is 88.3 Å². The van der Waals surface area contributed by atoms with Crippen LogP contribution < -0.4 is 14.5 Å². The summed E-state index contributed by atoms with van der Waals surface area (Å²) in [5.74, 6) is -1.48. The van der Waals surface area contributed by atoms with E-state index in [0.717, 1.165) is 29.5 Å². The van der Waals surface area contributed by atoms with Crippen molar-refractivity contribution in [2.24, 2.45) is 0 Å². The predicted molar refractivity (Wildman–Crippen MR) is 157 cm³/mol. The second-order valence-electron chi connectivity index (χ2n) is 11.2. The summed E-state index contributed by atoms with van der Waals surface area (Å²) < 4.78 is 40.7. The van der Waals surface area contributed by atoms with E-state index < -0.39 is 17.8 Å². The number of fused-ring (bicyclic) bond motifs is 2. The molecule has 1 saturated carbocycles. The summed E-state index contributed by atoms with van der Waals surface area (Å²) >= 11 is 0. The number of carbonyl (C=O) groups excluding carboxylic acids is 1. The molecule has 0 N–H and O–H groups in total. The van der Waals surface area contributed by atoms with Gasteiger partial charge in [-0.05, 0) is 32.3 Å². The third kappa shape index (κ3) is 6.08. The number of benzene rings is 1. The second-order valence-corrected chi connectivity index (χ2v) is 11.2. The minimum atomic E-state index is -1.04. The highest BCUT2D eigenvalue weighted by Gasteiger charge is 2.36. The van der Waals surface area contributed by atoms with Crippen LogP contribution in [-0.2, 0) is 22.5 Å². The molecule has 224 valence electrons. The molecule has 0 bridgehead atoms. The maximum Gasteiger partial charge on any atom is 0.318 e. The van der Waals surface area contributed by atoms with E-state index in [1.165, 1.54) is 11.0 Å². The highest BCUT2D eigenvalue weighted by Crippen LogP contribution is 2.35. The molecule has 1 aromatic carbocycles. The largest absolute Gasteiger partial charge is 0.461 e. The molecule has 0 unspecified atom stereocenters. The lowest BCUT2D eigenvalue weighted by Gasteiger charge is -2.41. The number of carbonyl (C=O) groups is 1. The van der Waals surface area contributed by atoms with Crippen molar-refractivity contribution < 1.29 is 23.0 Å². The van der Waals surface area contributed by atoms with Crippen LogP contribution in [0.3, 0.4) is 0 Å². The van der Waals surface area contributed by atoms with Crippen molar-refractivity contribution >= 4 is 28.2 Å². The third-order valence-corrected chi connectivity index (χ3v) is 8.05. The van der Waals surface area contributed by atoms with Crippen LogP contribution in [0, 0.1) is 12.4 Å². The summed E-state index contributed by atoms with van der Waals surface area (Å²) in [5, 5.41) is 1.23. The second kappa shape index (κ2) is 12.1. The first-order chi connectivity index (χ1) is 20.8. The number of halogens is 2. The molecule has 4 heterocycles. The van der Waals surface area contributed by atoms with Gasteiger partial charge < -0.3 is 29.0 Å². The van der Waals surface area contributed by atoms with Crippen LogP contribution in [-0.4, -0.2) is 83.3 Å². The van der Waals surface area contributed by atoms with Crippen LogP contribution in [0.1, 0.15) is 31.0 Å². The third-order valence-electron chi connectivity index (χ3n) is 8.05. The average Bonchev–Trinajstić information content (AvgIpc) is 3.83. The van der Waals surface area contributed by atoms with Crippen LogP contribution in [0.15, 0.2) is 43.0 Å². The first-order valence-corrected chi connectivity index (χ1v) is 14.5. The fraction of sp³-hybridized carbons (Fsp3) is 0.452. The van der Waals surface area contributed by atoms with Gasteiger partial charge in [-0.15, -0.1) is 0 Å². The van der Waals surface area contributed by atoms with Gasteiger partial charge in [-0.2, -0.15) is 9.97 Å². The molecular formula is C31H33F2N7O3. The van der Waals surface area contributed by atoms with Crippen molar-refractivity contribution in [2.45, 2.75) is 51.0 Å². The van der Waals surface area contributed by atoms with E-state index in [-0.39, 0.29) is 43.7 Å². The van der Waals surface area contributed by atoms with Crippen LogP contribution in [0.25, 0.3) is 15.6 Å². The van der Waals surface area contributed by atoms with E-state index in [1.54, 1.807) is 18.5 Å². The van der Waals surface area contributed by atoms with Gasteiger partial charge in [-0.25, -0.2) is 15.4 Å². The number of hydrogen-bond acceptors (Lipinski definition) is 8. The molecule has 2 aromatic heterocycles. The van der Waals surface area contributed by atoms with Crippen LogP contribution >= 0.6 is 0 Å². The number of pyridine rings is 1. The summed E-state index contributed by atoms with van der Waals surface area (Å²) in [6.07, 6.45) is 6.16. The highest BCUT2D eigenvalue weighted by molar-refractivity contribution is 5.94. The summed E-state index contributed by atoms with van der Waals surface area (Å²) in [5.41, 5.74) is 2.36. The molecule has 0 radical (unpaired) electrons. The van der Waals surface area contributed by atoms with Crippen LogP contribution in [0.5, 0.6) is 6.01 Å². The van der Waals surface area contributed by atoms with Gasteiger partial charge in [0, 0.05) is 48.7 Å². The van der Waals surface area contributed by atoms with Crippen molar-refractivity contribution in [3.8, 4) is 6.01 Å². The summed E-state index contributed by atoms with van der Waals surface area (Å²) in [6, 6.07) is 4.62. The first-order valence-electron chi connectivity index (χ1n) is 14.5. The van der Waals surface area contributed by atoms with Crippen LogP contribution in [0.4, 0.5) is 20.3 Å². The smallest absolute Gasteiger partial charge is 0.318 e. The Morgan fingerprint density at radius 3 is 2.81 bits per heavy atom. The maximum absolute atomic E-state index is 15.0. The Hall–Kier alpha value is -4.37. The van der Waals surface area contributed by atoms with E-state index in [0.29, 0.717) is 49.5 Å². The number of hydrogen-bond donors (Lipinski definition) is 0. The fourth-order valence-electron chi connectivity index (χ4n) is 5.83. The molecule has 3 aliphatic rings. The molecule has 6 rings (SSSR count). The zero-order valence-electron chi connectivity index (χ0n) is 24.0. The van der Waals surface area contributed by atoms with E-state index in [1.807, 2.05) is 17.9 Å². The van der Waals surface area contributed by atoms with E-state index in [2.05, 4.69) is 21.3 Å². The molecule has 10 nitrogen and oxygen atoms in total. The number of anilines is 2. The van der Waals surface area contributed by atoms with Crippen molar-refractivity contribution in [2.75, 3.05) is 49.1 Å². The highest BCUT2D eigenvalue weighted by atomic mass is 19.1. The Balaban J connectivity index is 1.32. The Morgan fingerprint density at radius 2 is 2.05 bits per heavy atom. The quantitative estimate of drug-likeness (QED) is 0.273. The molecule has 1 aliphatic carbocycles. The number of ether oxygens (including phenoxy) is 2. The van der Waals surface area contributed by atoms with Crippen molar-refractivity contribution in [1.29, 1.82) is 0 Å². The number of amides is 1. The summed E-state index contributed by atoms with van der Waals surface area (Å²) in [4.78, 5) is 35.4. The van der Waals surface area contributed by atoms with Crippen molar-refractivity contribution in [1.82, 2.24) is 19.9 Å². The van der Waals surface area contributed by atoms with E-state index in [9.17, 15) is 13.6 Å². The zero-order chi connectivity index (χ0) is 30.1. The molecule has 43 heavy (non-hydrogen) atoms. The average molecular weight is 590 g/mol. The van der Waals surface area contributed by atoms with Gasteiger partial charge in [-0.3, -0.25) is 9.78 Å². The molecule has 3 aromatic rings. The van der Waals surface area contributed by atoms with Gasteiger partial charge in [0.1, 0.15) is 24.3 Å². The van der Waals surface area contributed by atoms with Crippen LogP contribution in [0.2, 0.25) is 0 Å². The van der Waals surface area contributed by atoms with Gasteiger partial charge in [0.2, 0.25) is 6.54 Å². The number of piperazine rings is 1. The lowest BCUT2D eigenvalue weighted by atomic mass is 10.0. The molecule has 2 fully saturated rings. The van der Waals surface area contributed by atoms with E-state index in [4.69, 9.17) is 26.0 Å². The molecule has 0 spiro atoms. The maximum atomic E-state index is 15.0. The van der Waals surface area contributed by atoms with Crippen molar-refractivity contribution in [3.63, 3.8) is 0 Å². The Labute approximate surface area is 248 Å². The summed E-state index contributed by atoms with van der Waals surface area (Å²) in [6.45, 7) is 14.7. The van der Waals surface area contributed by atoms with Crippen molar-refractivity contribution in [3.05, 3.63) is 71.5 Å². The monoisotopic (exact) mass is 589 g/mol. The minimum absolute atomic E-state index is 0.0234. The normalized spacial score (nSPS) is 19.1. The molecule has 1 saturated heterocycles. The van der Waals surface area contributed by atoms with Gasteiger partial charge >= 0.3 is 6.01 Å². The molecule has 2 atom stereocenters.